The van der Waals surface area contributed by atoms with Crippen LogP contribution in [0.15, 0.2) is 95.6 Å². The highest BCUT2D eigenvalue weighted by Gasteiger charge is 2.21. The molecule has 0 radical (unpaired) electrons. The molecule has 2 rings (SSSR count). The van der Waals surface area contributed by atoms with Crippen LogP contribution in [0.4, 0.5) is 16.2 Å². The van der Waals surface area contributed by atoms with Crippen LogP contribution < -0.4 is 4.90 Å². The SMILES string of the molecule is CC(C)=CCCC(C)=CCCC(C)=CCC(C)OC(=O)N(c1ccccc1)c1ccccc1. The van der Waals surface area contributed by atoms with Crippen molar-refractivity contribution in [1.82, 2.24) is 0 Å². The minimum Gasteiger partial charge on any atom is -0.446 e. The third-order valence-electron chi connectivity index (χ3n) is 5.43. The number of carbonyl (C=O) groups is 1. The number of para-hydroxylation sites is 2. The Balaban J connectivity index is 1.89. The number of amides is 1. The normalized spacial score (nSPS) is 12.8. The minimum atomic E-state index is -0.360. The molecule has 0 saturated heterocycles. The number of benzene rings is 2. The Bertz CT molecular complexity index is 898. The fourth-order valence-electron chi connectivity index (χ4n) is 3.49. The zero-order valence-electron chi connectivity index (χ0n) is 20.9. The number of carbonyl (C=O) groups excluding carboxylic acids is 1. The Morgan fingerprint density at radius 1 is 0.788 bits per heavy atom. The van der Waals surface area contributed by atoms with E-state index in [1.807, 2.05) is 67.6 Å². The second-order valence-electron chi connectivity index (χ2n) is 8.90. The topological polar surface area (TPSA) is 29.5 Å². The van der Waals surface area contributed by atoms with Gasteiger partial charge < -0.3 is 4.74 Å². The van der Waals surface area contributed by atoms with Gasteiger partial charge >= 0.3 is 6.09 Å². The third kappa shape index (κ3) is 9.95. The fraction of sp³-hybridized carbons (Fsp3) is 0.367. The average molecular weight is 446 g/mol. The Hall–Kier alpha value is -3.07. The number of rotatable bonds is 11. The molecular formula is C30H39NO2. The highest BCUT2D eigenvalue weighted by Crippen LogP contribution is 2.26. The van der Waals surface area contributed by atoms with Crippen LogP contribution in [0, 0.1) is 0 Å². The summed E-state index contributed by atoms with van der Waals surface area (Å²) < 4.78 is 5.80. The van der Waals surface area contributed by atoms with Gasteiger partial charge in [-0.05, 0) is 84.6 Å². The highest BCUT2D eigenvalue weighted by molar-refractivity contribution is 5.96. The van der Waals surface area contributed by atoms with Crippen LogP contribution in [0.2, 0.25) is 0 Å². The summed E-state index contributed by atoms with van der Waals surface area (Å²) in [6.07, 6.45) is 11.3. The third-order valence-corrected chi connectivity index (χ3v) is 5.43. The standard InChI is InChI=1S/C30H39NO2/c1-24(2)14-12-15-25(3)16-13-17-26(4)22-23-27(5)33-30(32)31(28-18-8-6-9-19-28)29-20-10-7-11-21-29/h6-11,14,16,18-22,27H,12-13,15,17,23H2,1-5H3. The maximum atomic E-state index is 13.0. The number of anilines is 2. The summed E-state index contributed by atoms with van der Waals surface area (Å²) in [5.74, 6) is 0. The predicted molar refractivity (Wildman–Crippen MR) is 141 cm³/mol. The van der Waals surface area contributed by atoms with Gasteiger partial charge in [0.25, 0.3) is 0 Å². The Labute approximate surface area is 200 Å². The summed E-state index contributed by atoms with van der Waals surface area (Å²) in [7, 11) is 0. The molecule has 2 aromatic rings. The van der Waals surface area contributed by atoms with Crippen molar-refractivity contribution in [3.05, 3.63) is 95.6 Å². The predicted octanol–water partition coefficient (Wildman–Crippen LogP) is 9.16. The number of allylic oxidation sites excluding steroid dienone is 5. The summed E-state index contributed by atoms with van der Waals surface area (Å²) >= 11 is 0. The van der Waals surface area contributed by atoms with Gasteiger partial charge in [-0.15, -0.1) is 0 Å². The van der Waals surface area contributed by atoms with Crippen LogP contribution in [-0.2, 0) is 4.74 Å². The zero-order chi connectivity index (χ0) is 24.1. The number of hydrogen-bond donors (Lipinski definition) is 0. The molecule has 1 unspecified atom stereocenters. The monoisotopic (exact) mass is 445 g/mol. The van der Waals surface area contributed by atoms with E-state index in [-0.39, 0.29) is 12.2 Å². The number of hydrogen-bond acceptors (Lipinski definition) is 2. The van der Waals surface area contributed by atoms with E-state index < -0.39 is 0 Å². The molecule has 0 bridgehead atoms. The van der Waals surface area contributed by atoms with Crippen molar-refractivity contribution >= 4 is 17.5 Å². The summed E-state index contributed by atoms with van der Waals surface area (Å²) in [5.41, 5.74) is 5.74. The molecule has 1 atom stereocenters. The molecule has 0 N–H and O–H groups in total. The molecule has 0 spiro atoms. The molecular weight excluding hydrogens is 406 g/mol. The van der Waals surface area contributed by atoms with Crippen molar-refractivity contribution < 1.29 is 9.53 Å². The first-order valence-electron chi connectivity index (χ1n) is 11.9. The van der Waals surface area contributed by atoms with Gasteiger partial charge in [-0.3, -0.25) is 0 Å². The van der Waals surface area contributed by atoms with E-state index in [2.05, 4.69) is 45.9 Å². The summed E-state index contributed by atoms with van der Waals surface area (Å²) in [5, 5.41) is 0. The van der Waals surface area contributed by atoms with Crippen LogP contribution in [-0.4, -0.2) is 12.2 Å². The van der Waals surface area contributed by atoms with E-state index in [1.54, 1.807) is 4.90 Å². The molecule has 0 saturated carbocycles. The van der Waals surface area contributed by atoms with Crippen molar-refractivity contribution in [1.29, 1.82) is 0 Å². The molecule has 2 aromatic carbocycles. The molecule has 1 amide bonds. The van der Waals surface area contributed by atoms with E-state index in [0.717, 1.165) is 37.1 Å². The Kier molecular flexibility index (Phi) is 11.2. The zero-order valence-corrected chi connectivity index (χ0v) is 20.9. The van der Waals surface area contributed by atoms with E-state index >= 15 is 0 Å². The van der Waals surface area contributed by atoms with Crippen LogP contribution in [0.25, 0.3) is 0 Å². The van der Waals surface area contributed by atoms with E-state index in [9.17, 15) is 4.79 Å². The van der Waals surface area contributed by atoms with Crippen molar-refractivity contribution in [2.75, 3.05) is 4.90 Å². The van der Waals surface area contributed by atoms with E-state index in [0.29, 0.717) is 6.42 Å². The fourth-order valence-corrected chi connectivity index (χ4v) is 3.49. The molecule has 0 aromatic heterocycles. The summed E-state index contributed by atoms with van der Waals surface area (Å²) in [4.78, 5) is 14.7. The number of ether oxygens (including phenoxy) is 1. The summed E-state index contributed by atoms with van der Waals surface area (Å²) in [6.45, 7) is 10.6. The molecule has 0 aliphatic rings. The maximum absolute atomic E-state index is 13.0. The van der Waals surface area contributed by atoms with Crippen LogP contribution >= 0.6 is 0 Å². The first-order chi connectivity index (χ1) is 15.9. The molecule has 176 valence electrons. The van der Waals surface area contributed by atoms with Gasteiger partial charge in [0, 0.05) is 6.42 Å². The largest absolute Gasteiger partial charge is 0.446 e. The molecule has 0 fully saturated rings. The lowest BCUT2D eigenvalue weighted by Crippen LogP contribution is -2.29. The summed E-state index contributed by atoms with van der Waals surface area (Å²) in [6, 6.07) is 19.2. The van der Waals surface area contributed by atoms with Gasteiger partial charge in [0.2, 0.25) is 0 Å². The van der Waals surface area contributed by atoms with Gasteiger partial charge in [-0.25, -0.2) is 9.69 Å². The first kappa shape index (κ1) is 26.2. The Morgan fingerprint density at radius 3 is 1.79 bits per heavy atom. The van der Waals surface area contributed by atoms with Crippen molar-refractivity contribution in [3.63, 3.8) is 0 Å². The van der Waals surface area contributed by atoms with Gasteiger partial charge in [-0.1, -0.05) is 71.3 Å². The van der Waals surface area contributed by atoms with Crippen molar-refractivity contribution in [2.24, 2.45) is 0 Å². The van der Waals surface area contributed by atoms with Crippen LogP contribution in [0.1, 0.15) is 66.7 Å². The molecule has 33 heavy (non-hydrogen) atoms. The molecule has 0 heterocycles. The molecule has 3 heteroatoms. The second kappa shape index (κ2) is 14.2. The number of nitrogens with zero attached hydrogens (tertiary/aromatic N) is 1. The van der Waals surface area contributed by atoms with Gasteiger partial charge in [0.05, 0.1) is 11.4 Å². The maximum Gasteiger partial charge on any atom is 0.419 e. The molecule has 0 aliphatic heterocycles. The lowest BCUT2D eigenvalue weighted by atomic mass is 10.1. The average Bonchev–Trinajstić information content (AvgIpc) is 2.79. The highest BCUT2D eigenvalue weighted by atomic mass is 16.6. The Morgan fingerprint density at radius 2 is 1.27 bits per heavy atom. The van der Waals surface area contributed by atoms with Crippen molar-refractivity contribution in [3.8, 4) is 0 Å². The van der Waals surface area contributed by atoms with Crippen molar-refractivity contribution in [2.45, 2.75) is 72.8 Å². The van der Waals surface area contributed by atoms with Crippen LogP contribution in [0.3, 0.4) is 0 Å². The van der Waals surface area contributed by atoms with Gasteiger partial charge in [-0.2, -0.15) is 0 Å². The van der Waals surface area contributed by atoms with Gasteiger partial charge in [0.15, 0.2) is 0 Å². The van der Waals surface area contributed by atoms with E-state index in [1.165, 1.54) is 16.7 Å². The first-order valence-corrected chi connectivity index (χ1v) is 11.9. The van der Waals surface area contributed by atoms with E-state index in [4.69, 9.17) is 4.74 Å². The van der Waals surface area contributed by atoms with Gasteiger partial charge in [0.1, 0.15) is 6.10 Å². The quantitative estimate of drug-likeness (QED) is 0.323. The lowest BCUT2D eigenvalue weighted by Gasteiger charge is -2.24. The minimum absolute atomic E-state index is 0.205. The smallest absolute Gasteiger partial charge is 0.419 e. The molecule has 3 nitrogen and oxygen atoms in total. The second-order valence-corrected chi connectivity index (χ2v) is 8.90. The van der Waals surface area contributed by atoms with Crippen LogP contribution in [0.5, 0.6) is 0 Å². The lowest BCUT2D eigenvalue weighted by molar-refractivity contribution is 0.117. The molecule has 0 aliphatic carbocycles.